The van der Waals surface area contributed by atoms with Crippen LogP contribution in [0.2, 0.25) is 5.02 Å². The molecular formula is C15H20ClNO. The van der Waals surface area contributed by atoms with Gasteiger partial charge in [-0.1, -0.05) is 24.9 Å². The minimum absolute atomic E-state index is 0.203. The third-order valence-electron chi connectivity index (χ3n) is 3.38. The minimum Gasteiger partial charge on any atom is -0.293 e. The molecule has 3 heteroatoms. The average Bonchev–Trinajstić information content (AvgIpc) is 3.19. The molecule has 1 aliphatic carbocycles. The summed E-state index contributed by atoms with van der Waals surface area (Å²) in [6, 6.07) is 7.84. The SMILES string of the molecule is CCCCN(CC(=O)c1ccc(Cl)cc1)C1CC1. The van der Waals surface area contributed by atoms with Gasteiger partial charge in [0.25, 0.3) is 0 Å². The maximum atomic E-state index is 12.2. The van der Waals surface area contributed by atoms with E-state index in [4.69, 9.17) is 11.6 Å². The van der Waals surface area contributed by atoms with Crippen molar-refractivity contribution in [3.05, 3.63) is 34.9 Å². The second kappa shape index (κ2) is 6.35. The zero-order valence-electron chi connectivity index (χ0n) is 10.9. The first kappa shape index (κ1) is 13.6. The zero-order valence-corrected chi connectivity index (χ0v) is 11.6. The second-order valence-corrected chi connectivity index (χ2v) is 5.42. The van der Waals surface area contributed by atoms with Crippen LogP contribution in [0.1, 0.15) is 43.0 Å². The van der Waals surface area contributed by atoms with Crippen LogP contribution in [0, 0.1) is 0 Å². The van der Waals surface area contributed by atoms with E-state index < -0.39 is 0 Å². The Morgan fingerprint density at radius 2 is 2.00 bits per heavy atom. The van der Waals surface area contributed by atoms with Crippen molar-refractivity contribution in [3.8, 4) is 0 Å². The molecule has 98 valence electrons. The number of Topliss-reactive ketones (excluding diaryl/α,β-unsaturated/α-hetero) is 1. The van der Waals surface area contributed by atoms with Crippen LogP contribution in [0.3, 0.4) is 0 Å². The van der Waals surface area contributed by atoms with Crippen LogP contribution in [-0.2, 0) is 0 Å². The van der Waals surface area contributed by atoms with Crippen LogP contribution < -0.4 is 0 Å². The first-order valence-corrected chi connectivity index (χ1v) is 7.11. The van der Waals surface area contributed by atoms with Gasteiger partial charge in [-0.25, -0.2) is 0 Å². The number of hydrogen-bond acceptors (Lipinski definition) is 2. The second-order valence-electron chi connectivity index (χ2n) is 4.99. The molecular weight excluding hydrogens is 246 g/mol. The van der Waals surface area contributed by atoms with Crippen molar-refractivity contribution in [2.24, 2.45) is 0 Å². The summed E-state index contributed by atoms with van der Waals surface area (Å²) >= 11 is 5.83. The number of benzene rings is 1. The van der Waals surface area contributed by atoms with E-state index in [0.717, 1.165) is 12.1 Å². The lowest BCUT2D eigenvalue weighted by Gasteiger charge is -2.20. The van der Waals surface area contributed by atoms with E-state index in [9.17, 15) is 4.79 Å². The number of rotatable bonds is 7. The largest absolute Gasteiger partial charge is 0.293 e. The van der Waals surface area contributed by atoms with Crippen molar-refractivity contribution in [3.63, 3.8) is 0 Å². The highest BCUT2D eigenvalue weighted by Gasteiger charge is 2.29. The minimum atomic E-state index is 0.203. The molecule has 0 saturated heterocycles. The zero-order chi connectivity index (χ0) is 13.0. The summed E-state index contributed by atoms with van der Waals surface area (Å²) in [4.78, 5) is 14.5. The van der Waals surface area contributed by atoms with Gasteiger partial charge in [-0.3, -0.25) is 9.69 Å². The van der Waals surface area contributed by atoms with Crippen molar-refractivity contribution >= 4 is 17.4 Å². The first-order chi connectivity index (χ1) is 8.70. The van der Waals surface area contributed by atoms with Crippen molar-refractivity contribution in [1.29, 1.82) is 0 Å². The highest BCUT2D eigenvalue weighted by Crippen LogP contribution is 2.27. The molecule has 1 aromatic carbocycles. The fourth-order valence-corrected chi connectivity index (χ4v) is 2.23. The van der Waals surface area contributed by atoms with Gasteiger partial charge in [-0.2, -0.15) is 0 Å². The van der Waals surface area contributed by atoms with Crippen LogP contribution in [0.5, 0.6) is 0 Å². The van der Waals surface area contributed by atoms with Gasteiger partial charge in [-0.05, 0) is 50.1 Å². The van der Waals surface area contributed by atoms with Gasteiger partial charge < -0.3 is 0 Å². The molecule has 1 fully saturated rings. The summed E-state index contributed by atoms with van der Waals surface area (Å²) in [7, 11) is 0. The maximum absolute atomic E-state index is 12.2. The molecule has 0 bridgehead atoms. The summed E-state index contributed by atoms with van der Waals surface area (Å²) in [5.74, 6) is 0.203. The van der Waals surface area contributed by atoms with Crippen LogP contribution in [0.15, 0.2) is 24.3 Å². The van der Waals surface area contributed by atoms with E-state index in [1.165, 1.54) is 25.7 Å². The molecule has 0 unspecified atom stereocenters. The number of nitrogens with zero attached hydrogens (tertiary/aromatic N) is 1. The summed E-state index contributed by atoms with van der Waals surface area (Å²) in [5, 5.41) is 0.677. The predicted molar refractivity (Wildman–Crippen MR) is 75.3 cm³/mol. The molecule has 0 spiro atoms. The Morgan fingerprint density at radius 3 is 2.56 bits per heavy atom. The number of unbranched alkanes of at least 4 members (excludes halogenated alkanes) is 1. The number of carbonyl (C=O) groups is 1. The standard InChI is InChI=1S/C15H20ClNO/c1-2-3-10-17(14-8-9-14)11-15(18)12-4-6-13(16)7-5-12/h4-7,14H,2-3,8-11H2,1H3. The van der Waals surface area contributed by atoms with Gasteiger partial charge in [0.15, 0.2) is 5.78 Å². The first-order valence-electron chi connectivity index (χ1n) is 6.73. The lowest BCUT2D eigenvalue weighted by Crippen LogP contribution is -2.32. The lowest BCUT2D eigenvalue weighted by molar-refractivity contribution is 0.0923. The molecule has 1 aliphatic rings. The molecule has 0 aliphatic heterocycles. The molecule has 0 aromatic heterocycles. The Bertz CT molecular complexity index is 397. The van der Waals surface area contributed by atoms with Crippen LogP contribution >= 0.6 is 11.6 Å². The quantitative estimate of drug-likeness (QED) is 0.699. The number of halogens is 1. The summed E-state index contributed by atoms with van der Waals surface area (Å²) < 4.78 is 0. The fourth-order valence-electron chi connectivity index (χ4n) is 2.10. The van der Waals surface area contributed by atoms with E-state index in [2.05, 4.69) is 11.8 Å². The smallest absolute Gasteiger partial charge is 0.176 e. The fraction of sp³-hybridized carbons (Fsp3) is 0.533. The molecule has 0 atom stereocenters. The molecule has 1 aromatic rings. The monoisotopic (exact) mass is 265 g/mol. The molecule has 18 heavy (non-hydrogen) atoms. The van der Waals surface area contributed by atoms with Crippen LogP contribution in [0.4, 0.5) is 0 Å². The normalized spacial score (nSPS) is 15.1. The summed E-state index contributed by atoms with van der Waals surface area (Å²) in [6.45, 7) is 3.78. The number of hydrogen-bond donors (Lipinski definition) is 0. The highest BCUT2D eigenvalue weighted by atomic mass is 35.5. The average molecular weight is 266 g/mol. The van der Waals surface area contributed by atoms with Gasteiger partial charge in [0.1, 0.15) is 0 Å². The summed E-state index contributed by atoms with van der Waals surface area (Å²) in [5.41, 5.74) is 0.765. The Hall–Kier alpha value is -0.860. The molecule has 2 nitrogen and oxygen atoms in total. The Balaban J connectivity index is 1.93. The third kappa shape index (κ3) is 3.82. The van der Waals surface area contributed by atoms with Crippen LogP contribution in [0.25, 0.3) is 0 Å². The maximum Gasteiger partial charge on any atom is 0.176 e. The number of carbonyl (C=O) groups excluding carboxylic acids is 1. The Morgan fingerprint density at radius 1 is 1.33 bits per heavy atom. The van der Waals surface area contributed by atoms with Crippen molar-refractivity contribution in [1.82, 2.24) is 4.90 Å². The van der Waals surface area contributed by atoms with Crippen molar-refractivity contribution < 1.29 is 4.79 Å². The molecule has 1 saturated carbocycles. The molecule has 0 heterocycles. The van der Waals surface area contributed by atoms with E-state index in [0.29, 0.717) is 17.6 Å². The van der Waals surface area contributed by atoms with Gasteiger partial charge in [-0.15, -0.1) is 0 Å². The van der Waals surface area contributed by atoms with E-state index in [1.54, 1.807) is 12.1 Å². The van der Waals surface area contributed by atoms with Gasteiger partial charge in [0.05, 0.1) is 6.54 Å². The molecule has 0 radical (unpaired) electrons. The third-order valence-corrected chi connectivity index (χ3v) is 3.63. The van der Waals surface area contributed by atoms with Crippen molar-refractivity contribution in [2.45, 2.75) is 38.6 Å². The Kier molecular flexibility index (Phi) is 4.79. The van der Waals surface area contributed by atoms with Crippen LogP contribution in [-0.4, -0.2) is 29.8 Å². The topological polar surface area (TPSA) is 20.3 Å². The van der Waals surface area contributed by atoms with Gasteiger partial charge in [0, 0.05) is 16.6 Å². The molecule has 2 rings (SSSR count). The van der Waals surface area contributed by atoms with E-state index in [-0.39, 0.29) is 5.78 Å². The summed E-state index contributed by atoms with van der Waals surface area (Å²) in [6.07, 6.45) is 4.85. The van der Waals surface area contributed by atoms with E-state index >= 15 is 0 Å². The Labute approximate surface area is 114 Å². The lowest BCUT2D eigenvalue weighted by atomic mass is 10.1. The van der Waals surface area contributed by atoms with Gasteiger partial charge in [0.2, 0.25) is 0 Å². The van der Waals surface area contributed by atoms with Crippen molar-refractivity contribution in [2.75, 3.05) is 13.1 Å². The molecule has 0 N–H and O–H groups in total. The highest BCUT2D eigenvalue weighted by molar-refractivity contribution is 6.30. The molecule has 0 amide bonds. The number of ketones is 1. The predicted octanol–water partition coefficient (Wildman–Crippen LogP) is 3.79. The van der Waals surface area contributed by atoms with Gasteiger partial charge >= 0.3 is 0 Å². The van der Waals surface area contributed by atoms with E-state index in [1.807, 2.05) is 12.1 Å².